The van der Waals surface area contributed by atoms with Gasteiger partial charge in [0.05, 0.1) is 40.7 Å². The molecule has 4 rings (SSSR count). The van der Waals surface area contributed by atoms with Crippen LogP contribution >= 0.6 is 0 Å². The van der Waals surface area contributed by atoms with Crippen molar-refractivity contribution in [3.8, 4) is 0 Å². The molecular formula is C24H38O7. The molecule has 1 heterocycles. The van der Waals surface area contributed by atoms with Crippen molar-refractivity contribution in [1.29, 1.82) is 0 Å². The third-order valence-corrected chi connectivity index (χ3v) is 8.38. The maximum atomic E-state index is 11.3. The van der Waals surface area contributed by atoms with Gasteiger partial charge in [-0.2, -0.15) is 0 Å². The van der Waals surface area contributed by atoms with Crippen LogP contribution in [0.4, 0.5) is 0 Å². The highest BCUT2D eigenvalue weighted by Crippen LogP contribution is 2.61. The molecule has 176 valence electrons. The molecule has 0 aromatic carbocycles. The number of aliphatic hydroxyl groups is 6. The molecule has 0 unspecified atom stereocenters. The van der Waals surface area contributed by atoms with Crippen molar-refractivity contribution in [1.82, 2.24) is 0 Å². The van der Waals surface area contributed by atoms with E-state index in [2.05, 4.69) is 0 Å². The summed E-state index contributed by atoms with van der Waals surface area (Å²) in [4.78, 5) is 0. The van der Waals surface area contributed by atoms with E-state index in [1.54, 1.807) is 0 Å². The van der Waals surface area contributed by atoms with Gasteiger partial charge >= 0.3 is 0 Å². The Balaban J connectivity index is 1.93. The Labute approximate surface area is 184 Å². The average Bonchev–Trinajstić information content (AvgIpc) is 2.78. The molecule has 4 aliphatic rings. The van der Waals surface area contributed by atoms with Crippen LogP contribution in [0.5, 0.6) is 0 Å². The van der Waals surface area contributed by atoms with Gasteiger partial charge in [0.1, 0.15) is 6.10 Å². The number of hydrogen-bond donors (Lipinski definition) is 6. The highest BCUT2D eigenvalue weighted by Gasteiger charge is 2.64. The molecule has 1 saturated carbocycles. The minimum atomic E-state index is -1.50. The second-order valence-corrected chi connectivity index (χ2v) is 11.8. The zero-order chi connectivity index (χ0) is 23.3. The molecule has 31 heavy (non-hydrogen) atoms. The summed E-state index contributed by atoms with van der Waals surface area (Å²) >= 11 is 0. The lowest BCUT2D eigenvalue weighted by atomic mass is 9.52. The summed E-state index contributed by atoms with van der Waals surface area (Å²) in [6.07, 6.45) is -0.818. The van der Waals surface area contributed by atoms with E-state index in [0.29, 0.717) is 11.1 Å². The Bertz CT molecular complexity index is 809. The smallest absolute Gasteiger partial charge is 0.101 e. The molecule has 1 saturated heterocycles. The molecule has 0 aromatic heterocycles. The minimum Gasteiger partial charge on any atom is -0.389 e. The average molecular weight is 439 g/mol. The molecule has 0 bridgehead atoms. The van der Waals surface area contributed by atoms with E-state index in [1.807, 2.05) is 33.8 Å². The quantitative estimate of drug-likeness (QED) is 0.332. The van der Waals surface area contributed by atoms with E-state index < -0.39 is 58.7 Å². The Kier molecular flexibility index (Phi) is 5.17. The maximum Gasteiger partial charge on any atom is 0.101 e. The van der Waals surface area contributed by atoms with Crippen molar-refractivity contribution < 1.29 is 35.4 Å². The highest BCUT2D eigenvalue weighted by atomic mass is 16.5. The number of rotatable bonds is 1. The predicted octanol–water partition coefficient (Wildman–Crippen LogP) is 0.658. The zero-order valence-corrected chi connectivity index (χ0v) is 19.3. The van der Waals surface area contributed by atoms with Crippen molar-refractivity contribution in [2.45, 2.75) is 101 Å². The van der Waals surface area contributed by atoms with E-state index >= 15 is 0 Å². The minimum absolute atomic E-state index is 0.0181. The van der Waals surface area contributed by atoms with Crippen molar-refractivity contribution in [3.63, 3.8) is 0 Å². The number of fused-ring (bicyclic) bond motifs is 2. The van der Waals surface area contributed by atoms with Crippen LogP contribution in [-0.2, 0) is 4.74 Å². The fourth-order valence-electron chi connectivity index (χ4n) is 6.97. The summed E-state index contributed by atoms with van der Waals surface area (Å²) in [5.41, 5.74) is -2.95. The maximum absolute atomic E-state index is 11.3. The molecule has 6 N–H and O–H groups in total. The summed E-state index contributed by atoms with van der Waals surface area (Å²) in [6.45, 7) is 11.0. The van der Waals surface area contributed by atoms with Crippen molar-refractivity contribution >= 4 is 0 Å². The van der Waals surface area contributed by atoms with Gasteiger partial charge in [-0.3, -0.25) is 0 Å². The summed E-state index contributed by atoms with van der Waals surface area (Å²) in [6, 6.07) is 0. The lowest BCUT2D eigenvalue weighted by Crippen LogP contribution is -2.60. The summed E-state index contributed by atoms with van der Waals surface area (Å²) in [7, 11) is 0. The van der Waals surface area contributed by atoms with E-state index in [0.717, 1.165) is 0 Å². The van der Waals surface area contributed by atoms with Gasteiger partial charge in [0.15, 0.2) is 0 Å². The predicted molar refractivity (Wildman–Crippen MR) is 114 cm³/mol. The first-order valence-electron chi connectivity index (χ1n) is 11.3. The van der Waals surface area contributed by atoms with Gasteiger partial charge in [-0.05, 0) is 58.6 Å². The Morgan fingerprint density at radius 3 is 1.84 bits per heavy atom. The fraction of sp³-hybridized carbons (Fsp3) is 0.833. The fourth-order valence-corrected chi connectivity index (χ4v) is 6.97. The van der Waals surface area contributed by atoms with Crippen LogP contribution in [0, 0.1) is 23.7 Å². The Morgan fingerprint density at radius 2 is 1.26 bits per heavy atom. The van der Waals surface area contributed by atoms with Crippen LogP contribution in [0.2, 0.25) is 0 Å². The topological polar surface area (TPSA) is 131 Å². The zero-order valence-electron chi connectivity index (χ0n) is 19.3. The SMILES string of the molecule is CC1(C)OC(C)(C)[C@H]2C=C3[C@H]([C@@H](C4=C[C@H](O)[C@](C)(O)C[C@@H]4O)[C@@H]21)[C@H](O)[C@](C)(O)C[C@@H]3O. The van der Waals surface area contributed by atoms with Crippen LogP contribution in [0.3, 0.4) is 0 Å². The van der Waals surface area contributed by atoms with Gasteiger partial charge in [-0.1, -0.05) is 12.2 Å². The van der Waals surface area contributed by atoms with Gasteiger partial charge in [-0.15, -0.1) is 0 Å². The van der Waals surface area contributed by atoms with Crippen LogP contribution in [0.25, 0.3) is 0 Å². The standard InChI is InChI=1S/C24H38O7/c1-21(2)13-7-11-15(26)10-24(6,30)20(28)18(11)17(19(13)22(3,4)31-21)12-8-16(27)23(5,29)9-14(12)25/h7-8,13-20,25-30H,9-10H2,1-6H3/t13-,14-,15-,16-,17+,18+,19+,20-,23+,24+/m0/s1. The normalized spacial score (nSPS) is 53.3. The first kappa shape index (κ1) is 23.4. The van der Waals surface area contributed by atoms with Gasteiger partial charge < -0.3 is 35.4 Å². The first-order chi connectivity index (χ1) is 14.0. The lowest BCUT2D eigenvalue weighted by molar-refractivity contribution is -0.145. The molecule has 7 heteroatoms. The first-order valence-corrected chi connectivity index (χ1v) is 11.3. The van der Waals surface area contributed by atoms with Crippen molar-refractivity contribution in [2.75, 3.05) is 0 Å². The molecular weight excluding hydrogens is 400 g/mol. The molecule has 1 aliphatic heterocycles. The Morgan fingerprint density at radius 1 is 0.742 bits per heavy atom. The molecule has 0 radical (unpaired) electrons. The van der Waals surface area contributed by atoms with E-state index in [4.69, 9.17) is 4.74 Å². The molecule has 3 aliphatic carbocycles. The monoisotopic (exact) mass is 438 g/mol. The third-order valence-electron chi connectivity index (χ3n) is 8.38. The van der Waals surface area contributed by atoms with Crippen LogP contribution in [0.1, 0.15) is 54.4 Å². The lowest BCUT2D eigenvalue weighted by Gasteiger charge is -2.54. The molecule has 10 atom stereocenters. The van der Waals surface area contributed by atoms with Gasteiger partial charge in [-0.25, -0.2) is 0 Å². The van der Waals surface area contributed by atoms with Gasteiger partial charge in [0, 0.05) is 30.6 Å². The van der Waals surface area contributed by atoms with E-state index in [1.165, 1.54) is 19.9 Å². The van der Waals surface area contributed by atoms with E-state index in [-0.39, 0.29) is 24.7 Å². The van der Waals surface area contributed by atoms with Crippen LogP contribution in [-0.4, -0.2) is 77.5 Å². The molecule has 0 amide bonds. The van der Waals surface area contributed by atoms with Gasteiger partial charge in [0.2, 0.25) is 0 Å². The molecule has 0 spiro atoms. The molecule has 7 nitrogen and oxygen atoms in total. The number of hydrogen-bond acceptors (Lipinski definition) is 7. The second-order valence-electron chi connectivity index (χ2n) is 11.8. The van der Waals surface area contributed by atoms with Crippen molar-refractivity contribution in [2.24, 2.45) is 23.7 Å². The largest absolute Gasteiger partial charge is 0.389 e. The summed E-state index contributed by atoms with van der Waals surface area (Å²) in [5, 5.41) is 65.3. The third kappa shape index (κ3) is 3.44. The highest BCUT2D eigenvalue weighted by molar-refractivity contribution is 5.37. The molecule has 2 fully saturated rings. The second kappa shape index (κ2) is 6.86. The molecule has 0 aromatic rings. The van der Waals surface area contributed by atoms with Gasteiger partial charge in [0.25, 0.3) is 0 Å². The van der Waals surface area contributed by atoms with Crippen molar-refractivity contribution in [3.05, 3.63) is 23.3 Å². The van der Waals surface area contributed by atoms with Crippen LogP contribution in [0.15, 0.2) is 23.3 Å². The number of aliphatic hydroxyl groups excluding tert-OH is 4. The van der Waals surface area contributed by atoms with Crippen LogP contribution < -0.4 is 0 Å². The Hall–Kier alpha value is -0.800. The number of ether oxygens (including phenoxy) is 1. The summed E-state index contributed by atoms with van der Waals surface area (Å²) < 4.78 is 6.44. The van der Waals surface area contributed by atoms with E-state index in [9.17, 15) is 30.6 Å². The summed E-state index contributed by atoms with van der Waals surface area (Å²) in [5.74, 6) is -1.41.